The molecule has 0 radical (unpaired) electrons. The molecule has 2 saturated heterocycles. The Bertz CT molecular complexity index is 1400. The molecule has 2 fully saturated rings. The summed E-state index contributed by atoms with van der Waals surface area (Å²) in [5, 5.41) is 0. The van der Waals surface area contributed by atoms with Gasteiger partial charge in [0.2, 0.25) is 10.0 Å². The van der Waals surface area contributed by atoms with Crippen LogP contribution >= 0.6 is 0 Å². The number of piperidine rings is 1. The molecule has 0 unspecified atom stereocenters. The molecule has 2 aromatic carbocycles. The number of carbonyl (C=O) groups is 2. The molecular formula is C22H22N4O6S. The van der Waals surface area contributed by atoms with E-state index >= 15 is 0 Å². The number of aryl methyl sites for hydroxylation is 1. The summed E-state index contributed by atoms with van der Waals surface area (Å²) in [7, 11) is -2.27. The van der Waals surface area contributed by atoms with Crippen molar-refractivity contribution >= 4 is 38.7 Å². The number of aromatic nitrogens is 1. The third-order valence-corrected chi connectivity index (χ3v) is 8.17. The van der Waals surface area contributed by atoms with Crippen LogP contribution < -0.4 is 10.7 Å². The zero-order valence-electron chi connectivity index (χ0n) is 17.9. The predicted octanol–water partition coefficient (Wildman–Crippen LogP) is 1.75. The summed E-state index contributed by atoms with van der Waals surface area (Å²) in [4.78, 5) is 39.9. The van der Waals surface area contributed by atoms with E-state index in [2.05, 4.69) is 0 Å². The second-order valence-electron chi connectivity index (χ2n) is 8.17. The van der Waals surface area contributed by atoms with E-state index in [4.69, 9.17) is 4.42 Å². The van der Waals surface area contributed by atoms with Crippen molar-refractivity contribution in [3.8, 4) is 0 Å². The quantitative estimate of drug-likeness (QED) is 0.537. The predicted molar refractivity (Wildman–Crippen MR) is 119 cm³/mol. The molecule has 2 aliphatic rings. The van der Waals surface area contributed by atoms with Gasteiger partial charge in [-0.2, -0.15) is 4.31 Å². The van der Waals surface area contributed by atoms with E-state index in [1.165, 1.54) is 43.9 Å². The SMILES string of the molecule is Cn1c(=O)oc2ccc(S(=O)(=O)N3CCC(N4CC(=O)N(c5ccccc5)C4=O)CC3)cc21. The van der Waals surface area contributed by atoms with Gasteiger partial charge in [-0.3, -0.25) is 9.36 Å². The minimum atomic E-state index is -3.79. The van der Waals surface area contributed by atoms with Crippen molar-refractivity contribution in [1.82, 2.24) is 13.8 Å². The van der Waals surface area contributed by atoms with Gasteiger partial charge in [-0.1, -0.05) is 18.2 Å². The van der Waals surface area contributed by atoms with Crippen LogP contribution in [0.1, 0.15) is 12.8 Å². The molecule has 0 saturated carbocycles. The van der Waals surface area contributed by atoms with Crippen molar-refractivity contribution in [1.29, 1.82) is 0 Å². The highest BCUT2D eigenvalue weighted by molar-refractivity contribution is 7.89. The van der Waals surface area contributed by atoms with Gasteiger partial charge in [0, 0.05) is 26.2 Å². The Labute approximate surface area is 189 Å². The molecule has 0 bridgehead atoms. The van der Waals surface area contributed by atoms with Crippen LogP contribution in [0.2, 0.25) is 0 Å². The number of hydrogen-bond acceptors (Lipinski definition) is 6. The number of para-hydroxylation sites is 1. The molecule has 0 atom stereocenters. The Morgan fingerprint density at radius 3 is 2.36 bits per heavy atom. The fourth-order valence-electron chi connectivity index (χ4n) is 4.45. The number of fused-ring (bicyclic) bond motifs is 1. The fourth-order valence-corrected chi connectivity index (χ4v) is 5.94. The van der Waals surface area contributed by atoms with Gasteiger partial charge in [-0.25, -0.2) is 22.9 Å². The molecule has 3 heterocycles. The lowest BCUT2D eigenvalue weighted by Gasteiger charge is -2.35. The smallest absolute Gasteiger partial charge is 0.408 e. The van der Waals surface area contributed by atoms with Crippen LogP contribution in [-0.2, 0) is 21.9 Å². The molecular weight excluding hydrogens is 448 g/mol. The molecule has 33 heavy (non-hydrogen) atoms. The Kier molecular flexibility index (Phi) is 5.09. The van der Waals surface area contributed by atoms with E-state index in [1.54, 1.807) is 24.3 Å². The molecule has 0 spiro atoms. The van der Waals surface area contributed by atoms with Crippen molar-refractivity contribution < 1.29 is 22.4 Å². The summed E-state index contributed by atoms with van der Waals surface area (Å²) >= 11 is 0. The van der Waals surface area contributed by atoms with E-state index in [-0.39, 0.29) is 42.5 Å². The second-order valence-corrected chi connectivity index (χ2v) is 10.1. The van der Waals surface area contributed by atoms with Gasteiger partial charge >= 0.3 is 11.8 Å². The molecule has 11 heteroatoms. The van der Waals surface area contributed by atoms with Gasteiger partial charge in [-0.05, 0) is 43.2 Å². The Morgan fingerprint density at radius 2 is 1.67 bits per heavy atom. The zero-order chi connectivity index (χ0) is 23.3. The number of carbonyl (C=O) groups excluding carboxylic acids is 2. The van der Waals surface area contributed by atoms with Gasteiger partial charge in [0.1, 0.15) is 6.54 Å². The molecule has 1 aromatic heterocycles. The second kappa shape index (κ2) is 7.85. The lowest BCUT2D eigenvalue weighted by Crippen LogP contribution is -2.48. The van der Waals surface area contributed by atoms with Crippen LogP contribution in [0.15, 0.2) is 62.6 Å². The van der Waals surface area contributed by atoms with Crippen LogP contribution in [0, 0.1) is 0 Å². The van der Waals surface area contributed by atoms with E-state index in [9.17, 15) is 22.8 Å². The summed E-state index contributed by atoms with van der Waals surface area (Å²) in [5.74, 6) is -0.852. The summed E-state index contributed by atoms with van der Waals surface area (Å²) in [6.07, 6.45) is 0.848. The Balaban J connectivity index is 1.31. The summed E-state index contributed by atoms with van der Waals surface area (Å²) < 4.78 is 34.1. The van der Waals surface area contributed by atoms with Gasteiger partial charge in [0.15, 0.2) is 5.58 Å². The molecule has 2 aliphatic heterocycles. The number of anilines is 1. The first-order chi connectivity index (χ1) is 15.8. The van der Waals surface area contributed by atoms with E-state index in [1.807, 2.05) is 6.07 Å². The number of amides is 3. The third kappa shape index (κ3) is 3.53. The van der Waals surface area contributed by atoms with E-state index in [0.29, 0.717) is 29.6 Å². The molecule has 10 nitrogen and oxygen atoms in total. The molecule has 0 N–H and O–H groups in total. The topological polar surface area (TPSA) is 113 Å². The normalized spacial score (nSPS) is 18.6. The van der Waals surface area contributed by atoms with Crippen molar-refractivity contribution in [2.45, 2.75) is 23.8 Å². The van der Waals surface area contributed by atoms with Gasteiger partial charge in [0.05, 0.1) is 16.1 Å². The Morgan fingerprint density at radius 1 is 0.970 bits per heavy atom. The number of hydrogen-bond donors (Lipinski definition) is 0. The summed E-state index contributed by atoms with van der Waals surface area (Å²) in [5.41, 5.74) is 1.25. The van der Waals surface area contributed by atoms with Crippen molar-refractivity contribution in [3.05, 3.63) is 59.1 Å². The maximum absolute atomic E-state index is 13.2. The standard InChI is InChI=1S/C22H22N4O6S/c1-23-18-13-17(7-8-19(18)32-22(23)29)33(30,31)24-11-9-15(10-12-24)25-14-20(27)26(21(25)28)16-5-3-2-4-6-16/h2-8,13,15H,9-12,14H2,1H3. The van der Waals surface area contributed by atoms with E-state index in [0.717, 1.165) is 0 Å². The third-order valence-electron chi connectivity index (χ3n) is 6.27. The fraction of sp³-hybridized carbons (Fsp3) is 0.318. The van der Waals surface area contributed by atoms with Crippen LogP contribution in [0.25, 0.3) is 11.1 Å². The molecule has 0 aliphatic carbocycles. The average Bonchev–Trinajstić information content (AvgIpc) is 3.28. The first kappa shape index (κ1) is 21.4. The number of sulfonamides is 1. The lowest BCUT2D eigenvalue weighted by molar-refractivity contribution is -0.116. The minimum absolute atomic E-state index is 0.0175. The number of urea groups is 1. The first-order valence-corrected chi connectivity index (χ1v) is 12.0. The van der Waals surface area contributed by atoms with Crippen LogP contribution in [0.4, 0.5) is 10.5 Å². The average molecular weight is 471 g/mol. The summed E-state index contributed by atoms with van der Waals surface area (Å²) in [6.45, 7) is 0.424. The number of nitrogens with zero attached hydrogens (tertiary/aromatic N) is 4. The highest BCUT2D eigenvalue weighted by Crippen LogP contribution is 2.29. The Hall–Kier alpha value is -3.44. The van der Waals surface area contributed by atoms with Gasteiger partial charge in [-0.15, -0.1) is 0 Å². The number of rotatable bonds is 4. The summed E-state index contributed by atoms with van der Waals surface area (Å²) in [6, 6.07) is 12.5. The van der Waals surface area contributed by atoms with Crippen molar-refractivity contribution in [3.63, 3.8) is 0 Å². The zero-order valence-corrected chi connectivity index (χ0v) is 18.7. The maximum atomic E-state index is 13.2. The number of benzene rings is 2. The van der Waals surface area contributed by atoms with Crippen molar-refractivity contribution in [2.75, 3.05) is 24.5 Å². The lowest BCUT2D eigenvalue weighted by atomic mass is 10.1. The number of imide groups is 1. The number of oxazole rings is 1. The highest BCUT2D eigenvalue weighted by Gasteiger charge is 2.42. The maximum Gasteiger partial charge on any atom is 0.419 e. The van der Waals surface area contributed by atoms with Gasteiger partial charge < -0.3 is 9.32 Å². The minimum Gasteiger partial charge on any atom is -0.408 e. The largest absolute Gasteiger partial charge is 0.419 e. The van der Waals surface area contributed by atoms with Crippen molar-refractivity contribution in [2.24, 2.45) is 7.05 Å². The van der Waals surface area contributed by atoms with Crippen LogP contribution in [0.5, 0.6) is 0 Å². The van der Waals surface area contributed by atoms with E-state index < -0.39 is 15.8 Å². The monoisotopic (exact) mass is 470 g/mol. The highest BCUT2D eigenvalue weighted by atomic mass is 32.2. The molecule has 3 aromatic rings. The van der Waals surface area contributed by atoms with Crippen LogP contribution in [-0.4, -0.2) is 59.8 Å². The molecule has 172 valence electrons. The molecule has 5 rings (SSSR count). The molecule has 3 amide bonds. The van der Waals surface area contributed by atoms with Crippen LogP contribution in [0.3, 0.4) is 0 Å². The van der Waals surface area contributed by atoms with Gasteiger partial charge in [0.25, 0.3) is 5.91 Å². The first-order valence-electron chi connectivity index (χ1n) is 10.6.